The Morgan fingerprint density at radius 1 is 1.35 bits per heavy atom. The normalized spacial score (nSPS) is 11.4. The second kappa shape index (κ2) is 5.43. The Hall–Kier alpha value is -2.19. The van der Waals surface area contributed by atoms with Gasteiger partial charge in [0, 0.05) is 6.20 Å². The van der Waals surface area contributed by atoms with Gasteiger partial charge in [-0.2, -0.15) is 0 Å². The van der Waals surface area contributed by atoms with Crippen molar-refractivity contribution in [2.45, 2.75) is 18.5 Å². The highest BCUT2D eigenvalue weighted by Gasteiger charge is 2.16. The third-order valence-electron chi connectivity index (χ3n) is 2.49. The maximum Gasteiger partial charge on any atom is 0.337 e. The number of nitrogens with one attached hydrogen (secondary N) is 1. The van der Waals surface area contributed by atoms with Crippen LogP contribution < -0.4 is 4.72 Å². The summed E-state index contributed by atoms with van der Waals surface area (Å²) in [5.41, 5.74) is -0.0781. The molecule has 0 saturated heterocycles. The number of aromatic nitrogens is 1. The van der Waals surface area contributed by atoms with E-state index in [9.17, 15) is 13.2 Å². The molecule has 2 aromatic rings. The second-order valence-electron chi connectivity index (χ2n) is 4.03. The van der Waals surface area contributed by atoms with Crippen molar-refractivity contribution in [3.63, 3.8) is 0 Å². The molecule has 0 atom stereocenters. The van der Waals surface area contributed by atoms with Crippen LogP contribution in [0.15, 0.2) is 39.9 Å². The third-order valence-corrected chi connectivity index (χ3v) is 3.81. The molecule has 2 N–H and O–H groups in total. The Morgan fingerprint density at radius 2 is 2.10 bits per heavy atom. The molecule has 0 aliphatic heterocycles. The molecule has 0 unspecified atom stereocenters. The van der Waals surface area contributed by atoms with Crippen LogP contribution in [0.5, 0.6) is 0 Å². The summed E-state index contributed by atoms with van der Waals surface area (Å²) in [6.45, 7) is 1.75. The monoisotopic (exact) mass is 296 g/mol. The van der Waals surface area contributed by atoms with Gasteiger partial charge in [-0.25, -0.2) is 22.9 Å². The van der Waals surface area contributed by atoms with Gasteiger partial charge in [0.2, 0.25) is 0 Å². The topological polar surface area (TPSA) is 110 Å². The zero-order valence-electron chi connectivity index (χ0n) is 10.5. The van der Waals surface area contributed by atoms with Crippen molar-refractivity contribution >= 4 is 16.0 Å². The minimum atomic E-state index is -3.81. The van der Waals surface area contributed by atoms with Gasteiger partial charge in [0.05, 0.1) is 12.1 Å². The van der Waals surface area contributed by atoms with E-state index in [1.54, 1.807) is 19.1 Å². The molecule has 20 heavy (non-hydrogen) atoms. The lowest BCUT2D eigenvalue weighted by atomic mass is 10.3. The Morgan fingerprint density at radius 3 is 2.60 bits per heavy atom. The minimum absolute atomic E-state index is 0.00145. The predicted molar refractivity (Wildman–Crippen MR) is 68.7 cm³/mol. The number of aromatic carboxylic acids is 1. The number of furan rings is 1. The van der Waals surface area contributed by atoms with E-state index in [0.717, 1.165) is 12.3 Å². The lowest BCUT2D eigenvalue weighted by molar-refractivity contribution is 0.0696. The van der Waals surface area contributed by atoms with E-state index in [2.05, 4.69) is 9.71 Å². The van der Waals surface area contributed by atoms with Crippen molar-refractivity contribution < 1.29 is 22.7 Å². The molecule has 0 fully saturated rings. The zero-order chi connectivity index (χ0) is 14.8. The summed E-state index contributed by atoms with van der Waals surface area (Å²) >= 11 is 0. The van der Waals surface area contributed by atoms with Crippen LogP contribution in [-0.2, 0) is 16.6 Å². The van der Waals surface area contributed by atoms with Crippen molar-refractivity contribution in [2.75, 3.05) is 0 Å². The molecule has 2 aromatic heterocycles. The van der Waals surface area contributed by atoms with Gasteiger partial charge in [0.1, 0.15) is 11.5 Å². The Balaban J connectivity index is 2.11. The fourth-order valence-corrected chi connectivity index (χ4v) is 2.40. The van der Waals surface area contributed by atoms with Gasteiger partial charge in [0.25, 0.3) is 10.0 Å². The van der Waals surface area contributed by atoms with Crippen LogP contribution in [0, 0.1) is 6.92 Å². The van der Waals surface area contributed by atoms with Gasteiger partial charge in [0.15, 0.2) is 5.03 Å². The zero-order valence-corrected chi connectivity index (χ0v) is 11.3. The number of nitrogens with zero attached hydrogens (tertiary/aromatic N) is 1. The molecule has 0 aliphatic rings. The average molecular weight is 296 g/mol. The molecule has 0 bridgehead atoms. The van der Waals surface area contributed by atoms with E-state index in [4.69, 9.17) is 9.52 Å². The largest absolute Gasteiger partial charge is 0.478 e. The number of carboxylic acids is 1. The number of pyridine rings is 1. The summed E-state index contributed by atoms with van der Waals surface area (Å²) in [6, 6.07) is 5.71. The number of hydrogen-bond acceptors (Lipinski definition) is 5. The highest BCUT2D eigenvalue weighted by atomic mass is 32.2. The highest BCUT2D eigenvalue weighted by molar-refractivity contribution is 7.89. The molecule has 0 spiro atoms. The summed E-state index contributed by atoms with van der Waals surface area (Å²) < 4.78 is 31.4. The molecule has 0 saturated carbocycles. The van der Waals surface area contributed by atoms with Gasteiger partial charge >= 0.3 is 5.97 Å². The summed E-state index contributed by atoms with van der Waals surface area (Å²) in [5, 5.41) is 8.47. The van der Waals surface area contributed by atoms with Crippen LogP contribution in [0.1, 0.15) is 21.9 Å². The molecule has 0 aromatic carbocycles. The molecule has 0 radical (unpaired) electrons. The molecular formula is C12H12N2O5S. The number of hydrogen-bond donors (Lipinski definition) is 2. The average Bonchev–Trinajstić information content (AvgIpc) is 2.82. The molecule has 2 heterocycles. The summed E-state index contributed by atoms with van der Waals surface area (Å²) in [4.78, 5) is 14.3. The fourth-order valence-electron chi connectivity index (χ4n) is 1.49. The number of carbonyl (C=O) groups is 1. The molecule has 2 rings (SSSR count). The minimum Gasteiger partial charge on any atom is -0.478 e. The van der Waals surface area contributed by atoms with Crippen molar-refractivity contribution in [3.8, 4) is 0 Å². The first-order chi connectivity index (χ1) is 9.38. The van der Waals surface area contributed by atoms with Crippen molar-refractivity contribution in [1.29, 1.82) is 0 Å². The maximum atomic E-state index is 11.9. The van der Waals surface area contributed by atoms with Crippen molar-refractivity contribution in [2.24, 2.45) is 0 Å². The third kappa shape index (κ3) is 3.22. The number of carboxylic acid groups (broad SMARTS) is 1. The lowest BCUT2D eigenvalue weighted by Gasteiger charge is -2.04. The van der Waals surface area contributed by atoms with Gasteiger partial charge < -0.3 is 9.52 Å². The van der Waals surface area contributed by atoms with Crippen LogP contribution in [0.4, 0.5) is 0 Å². The fraction of sp³-hybridized carbons (Fsp3) is 0.167. The van der Waals surface area contributed by atoms with Gasteiger partial charge in [-0.05, 0) is 31.2 Å². The Kier molecular flexibility index (Phi) is 3.86. The molecule has 0 aliphatic carbocycles. The van der Waals surface area contributed by atoms with E-state index in [1.165, 1.54) is 6.07 Å². The second-order valence-corrected chi connectivity index (χ2v) is 5.74. The molecule has 106 valence electrons. The molecular weight excluding hydrogens is 284 g/mol. The van der Waals surface area contributed by atoms with Crippen molar-refractivity contribution in [1.82, 2.24) is 9.71 Å². The van der Waals surface area contributed by atoms with Crippen LogP contribution >= 0.6 is 0 Å². The first-order valence-electron chi connectivity index (χ1n) is 5.63. The smallest absolute Gasteiger partial charge is 0.337 e. The lowest BCUT2D eigenvalue weighted by Crippen LogP contribution is -2.24. The summed E-state index contributed by atoms with van der Waals surface area (Å²) in [7, 11) is -3.81. The Labute approximate surface area is 115 Å². The van der Waals surface area contributed by atoms with E-state index >= 15 is 0 Å². The van der Waals surface area contributed by atoms with Crippen LogP contribution in [0.3, 0.4) is 0 Å². The van der Waals surface area contributed by atoms with E-state index < -0.39 is 16.0 Å². The van der Waals surface area contributed by atoms with E-state index in [-0.39, 0.29) is 17.1 Å². The first kappa shape index (κ1) is 14.2. The van der Waals surface area contributed by atoms with Gasteiger partial charge in [-0.15, -0.1) is 0 Å². The van der Waals surface area contributed by atoms with Crippen LogP contribution in [0.25, 0.3) is 0 Å². The SMILES string of the molecule is Cc1ccc(CNS(=O)(=O)c2ccc(C(=O)O)cn2)o1. The predicted octanol–water partition coefficient (Wildman–Crippen LogP) is 1.16. The Bertz CT molecular complexity index is 719. The van der Waals surface area contributed by atoms with E-state index in [0.29, 0.717) is 11.5 Å². The van der Waals surface area contributed by atoms with Crippen LogP contribution in [0.2, 0.25) is 0 Å². The van der Waals surface area contributed by atoms with E-state index in [1.807, 2.05) is 0 Å². The van der Waals surface area contributed by atoms with Crippen molar-refractivity contribution in [3.05, 3.63) is 47.5 Å². The molecule has 7 nitrogen and oxygen atoms in total. The summed E-state index contributed by atoms with van der Waals surface area (Å²) in [6.07, 6.45) is 0.994. The molecule has 0 amide bonds. The molecule has 8 heteroatoms. The summed E-state index contributed by atoms with van der Waals surface area (Å²) in [5.74, 6) is -0.00293. The number of aryl methyl sites for hydroxylation is 1. The highest BCUT2D eigenvalue weighted by Crippen LogP contribution is 2.10. The van der Waals surface area contributed by atoms with Crippen LogP contribution in [-0.4, -0.2) is 24.5 Å². The van der Waals surface area contributed by atoms with Gasteiger partial charge in [-0.3, -0.25) is 0 Å². The van der Waals surface area contributed by atoms with Gasteiger partial charge in [-0.1, -0.05) is 0 Å². The quantitative estimate of drug-likeness (QED) is 0.856. The first-order valence-corrected chi connectivity index (χ1v) is 7.11. The maximum absolute atomic E-state index is 11.9. The number of sulfonamides is 1. The number of rotatable bonds is 5. The standard InChI is InChI=1S/C12H12N2O5S/c1-8-2-4-10(19-8)7-14-20(17,18)11-5-3-9(6-13-11)12(15)16/h2-6,14H,7H2,1H3,(H,15,16).